The van der Waals surface area contributed by atoms with Gasteiger partial charge in [0.05, 0.1) is 11.7 Å². The average molecular weight is 162 g/mol. The molecule has 0 aliphatic carbocycles. The topological polar surface area (TPSA) is 74.7 Å². The Labute approximate surface area is 71.0 Å². The minimum atomic E-state index is -0.134. The largest absolute Gasteiger partial charge is 0.355 e. The van der Waals surface area contributed by atoms with Crippen LogP contribution in [-0.2, 0) is 0 Å². The van der Waals surface area contributed by atoms with Gasteiger partial charge in [-0.15, -0.1) is 0 Å². The van der Waals surface area contributed by atoms with Gasteiger partial charge in [0.1, 0.15) is 11.9 Å². The Hall–Kier alpha value is -1.60. The van der Waals surface area contributed by atoms with E-state index in [0.717, 1.165) is 0 Å². The number of nitrogens with zero attached hydrogens (tertiary/aromatic N) is 2. The molecule has 0 radical (unpaired) electrons. The molecule has 4 nitrogen and oxygen atoms in total. The lowest BCUT2D eigenvalue weighted by molar-refractivity contribution is 0.843. The van der Waals surface area contributed by atoms with Crippen LogP contribution in [0.25, 0.3) is 0 Å². The smallest absolute Gasteiger partial charge is 0.127 e. The normalized spacial score (nSPS) is 11.8. The zero-order valence-corrected chi connectivity index (χ0v) is 6.78. The second-order valence-electron chi connectivity index (χ2n) is 2.48. The first-order chi connectivity index (χ1) is 5.72. The number of rotatable bonds is 2. The van der Waals surface area contributed by atoms with Gasteiger partial charge in [0.15, 0.2) is 0 Å². The number of hydrogen-bond donors (Lipinski definition) is 2. The summed E-state index contributed by atoms with van der Waals surface area (Å²) in [6.45, 7) is 1.82. The Bertz CT molecular complexity index is 283. The molecule has 1 aromatic rings. The highest BCUT2D eigenvalue weighted by molar-refractivity contribution is 5.39. The molecule has 0 aliphatic heterocycles. The molecule has 0 aromatic carbocycles. The third-order valence-electron chi connectivity index (χ3n) is 1.27. The summed E-state index contributed by atoms with van der Waals surface area (Å²) in [7, 11) is 0. The summed E-state index contributed by atoms with van der Waals surface area (Å²) in [5.41, 5.74) is 6.03. The maximum Gasteiger partial charge on any atom is 0.127 e. The zero-order chi connectivity index (χ0) is 8.97. The summed E-state index contributed by atoms with van der Waals surface area (Å²) in [5, 5.41) is 11.4. The molecule has 1 atom stereocenters. The molecule has 0 spiro atoms. The fourth-order valence-electron chi connectivity index (χ4n) is 0.779. The third-order valence-corrected chi connectivity index (χ3v) is 1.27. The standard InChI is InChI=1S/C8H10N4/c1-6(10)12-8-3-2-7(4-9)5-11-8/h2-3,5-6H,10H2,1H3,(H,11,12). The summed E-state index contributed by atoms with van der Waals surface area (Å²) in [5.74, 6) is 0.684. The van der Waals surface area contributed by atoms with Crippen LogP contribution in [0, 0.1) is 11.3 Å². The number of hydrogen-bond acceptors (Lipinski definition) is 4. The molecular formula is C8H10N4. The molecule has 0 fully saturated rings. The molecule has 0 saturated heterocycles. The van der Waals surface area contributed by atoms with Crippen molar-refractivity contribution in [2.45, 2.75) is 13.1 Å². The molecule has 1 heterocycles. The van der Waals surface area contributed by atoms with E-state index in [-0.39, 0.29) is 6.17 Å². The van der Waals surface area contributed by atoms with Crippen LogP contribution in [0.3, 0.4) is 0 Å². The number of pyridine rings is 1. The van der Waals surface area contributed by atoms with E-state index < -0.39 is 0 Å². The van der Waals surface area contributed by atoms with Crippen molar-refractivity contribution in [2.75, 3.05) is 5.32 Å². The molecule has 1 aromatic heterocycles. The van der Waals surface area contributed by atoms with E-state index in [1.165, 1.54) is 6.20 Å². The molecule has 12 heavy (non-hydrogen) atoms. The third kappa shape index (κ3) is 2.22. The summed E-state index contributed by atoms with van der Waals surface area (Å²) >= 11 is 0. The van der Waals surface area contributed by atoms with E-state index in [9.17, 15) is 0 Å². The highest BCUT2D eigenvalue weighted by Crippen LogP contribution is 2.03. The highest BCUT2D eigenvalue weighted by Gasteiger charge is 1.95. The lowest BCUT2D eigenvalue weighted by atomic mass is 10.3. The van der Waals surface area contributed by atoms with Crippen molar-refractivity contribution < 1.29 is 0 Å². The van der Waals surface area contributed by atoms with E-state index in [4.69, 9.17) is 11.0 Å². The number of aromatic nitrogens is 1. The van der Waals surface area contributed by atoms with Crippen molar-refractivity contribution in [2.24, 2.45) is 5.73 Å². The molecule has 0 saturated carbocycles. The van der Waals surface area contributed by atoms with Crippen molar-refractivity contribution in [1.82, 2.24) is 4.98 Å². The first-order valence-electron chi connectivity index (χ1n) is 3.60. The van der Waals surface area contributed by atoms with Gasteiger partial charge in [0, 0.05) is 6.20 Å². The number of nitrogens with one attached hydrogen (secondary N) is 1. The monoisotopic (exact) mass is 162 g/mol. The molecule has 0 amide bonds. The van der Waals surface area contributed by atoms with Crippen LogP contribution in [0.2, 0.25) is 0 Å². The van der Waals surface area contributed by atoms with Gasteiger partial charge in [-0.1, -0.05) is 0 Å². The van der Waals surface area contributed by atoms with E-state index in [1.54, 1.807) is 12.1 Å². The number of nitrogens with two attached hydrogens (primary N) is 1. The maximum atomic E-state index is 8.48. The SMILES string of the molecule is CC(N)Nc1ccc(C#N)cn1. The molecule has 1 unspecified atom stereocenters. The second-order valence-corrected chi connectivity index (χ2v) is 2.48. The van der Waals surface area contributed by atoms with E-state index in [1.807, 2.05) is 13.0 Å². The van der Waals surface area contributed by atoms with Gasteiger partial charge in [0.25, 0.3) is 0 Å². The van der Waals surface area contributed by atoms with Gasteiger partial charge >= 0.3 is 0 Å². The van der Waals surface area contributed by atoms with Crippen molar-refractivity contribution >= 4 is 5.82 Å². The highest BCUT2D eigenvalue weighted by atomic mass is 15.1. The summed E-state index contributed by atoms with van der Waals surface area (Å²) < 4.78 is 0. The van der Waals surface area contributed by atoms with Gasteiger partial charge in [-0.3, -0.25) is 0 Å². The molecule has 62 valence electrons. The van der Waals surface area contributed by atoms with Crippen molar-refractivity contribution in [3.8, 4) is 6.07 Å². The number of nitriles is 1. The first kappa shape index (κ1) is 8.50. The number of anilines is 1. The fourth-order valence-corrected chi connectivity index (χ4v) is 0.779. The van der Waals surface area contributed by atoms with Crippen molar-refractivity contribution in [3.05, 3.63) is 23.9 Å². The molecule has 3 N–H and O–H groups in total. The second kappa shape index (κ2) is 3.69. The van der Waals surface area contributed by atoms with Gasteiger partial charge < -0.3 is 11.1 Å². The van der Waals surface area contributed by atoms with Crippen LogP contribution in [0.4, 0.5) is 5.82 Å². The zero-order valence-electron chi connectivity index (χ0n) is 6.78. The van der Waals surface area contributed by atoms with E-state index >= 15 is 0 Å². The lowest BCUT2D eigenvalue weighted by Crippen LogP contribution is -2.25. The lowest BCUT2D eigenvalue weighted by Gasteiger charge is -2.07. The van der Waals surface area contributed by atoms with Crippen LogP contribution >= 0.6 is 0 Å². The van der Waals surface area contributed by atoms with Crippen LogP contribution in [0.15, 0.2) is 18.3 Å². The predicted octanol–water partition coefficient (Wildman–Crippen LogP) is 0.670. The van der Waals surface area contributed by atoms with Crippen molar-refractivity contribution in [3.63, 3.8) is 0 Å². The van der Waals surface area contributed by atoms with E-state index in [2.05, 4.69) is 10.3 Å². The molecule has 0 bridgehead atoms. The molecule has 4 heteroatoms. The van der Waals surface area contributed by atoms with E-state index in [0.29, 0.717) is 11.4 Å². The predicted molar refractivity (Wildman–Crippen MR) is 46.2 cm³/mol. The van der Waals surface area contributed by atoms with Crippen LogP contribution in [-0.4, -0.2) is 11.1 Å². The molecule has 1 rings (SSSR count). The minimum absolute atomic E-state index is 0.134. The summed E-state index contributed by atoms with van der Waals surface area (Å²) in [4.78, 5) is 3.98. The van der Waals surface area contributed by atoms with Gasteiger partial charge in [-0.05, 0) is 19.1 Å². The Balaban J connectivity index is 2.73. The maximum absolute atomic E-state index is 8.48. The van der Waals surface area contributed by atoms with Crippen LogP contribution < -0.4 is 11.1 Å². The molecular weight excluding hydrogens is 152 g/mol. The summed E-state index contributed by atoms with van der Waals surface area (Å²) in [6.07, 6.45) is 1.37. The summed E-state index contributed by atoms with van der Waals surface area (Å²) in [6, 6.07) is 5.40. The average Bonchev–Trinajstić information content (AvgIpc) is 2.05. The van der Waals surface area contributed by atoms with Crippen LogP contribution in [0.5, 0.6) is 0 Å². The quantitative estimate of drug-likeness (QED) is 0.627. The van der Waals surface area contributed by atoms with Gasteiger partial charge in [-0.25, -0.2) is 4.98 Å². The Kier molecular flexibility index (Phi) is 2.62. The van der Waals surface area contributed by atoms with Gasteiger partial charge in [0.2, 0.25) is 0 Å². The Morgan fingerprint density at radius 2 is 2.42 bits per heavy atom. The Morgan fingerprint density at radius 1 is 1.67 bits per heavy atom. The first-order valence-corrected chi connectivity index (χ1v) is 3.60. The van der Waals surface area contributed by atoms with Crippen LogP contribution in [0.1, 0.15) is 12.5 Å². The van der Waals surface area contributed by atoms with Gasteiger partial charge in [-0.2, -0.15) is 5.26 Å². The Morgan fingerprint density at radius 3 is 2.83 bits per heavy atom. The van der Waals surface area contributed by atoms with Crippen molar-refractivity contribution in [1.29, 1.82) is 5.26 Å². The minimum Gasteiger partial charge on any atom is -0.355 e. The fraction of sp³-hybridized carbons (Fsp3) is 0.250. The molecule has 0 aliphatic rings.